The minimum absolute atomic E-state index is 0.235. The molecule has 1 atom stereocenters. The number of hydrogen-bond acceptors (Lipinski definition) is 4. The van der Waals surface area contributed by atoms with Crippen molar-refractivity contribution >= 4 is 5.97 Å². The molecule has 0 aliphatic carbocycles. The number of esters is 1. The van der Waals surface area contributed by atoms with E-state index in [0.29, 0.717) is 25.9 Å². The van der Waals surface area contributed by atoms with E-state index in [1.807, 2.05) is 60.7 Å². The first-order chi connectivity index (χ1) is 11.7. The molecular weight excluding hydrogens is 302 g/mol. The number of aliphatic hydroxyl groups excluding tert-OH is 1. The van der Waals surface area contributed by atoms with E-state index in [9.17, 15) is 9.90 Å². The van der Waals surface area contributed by atoms with Crippen molar-refractivity contribution < 1.29 is 14.6 Å². The molecule has 0 amide bonds. The van der Waals surface area contributed by atoms with E-state index >= 15 is 0 Å². The third kappa shape index (κ3) is 4.22. The van der Waals surface area contributed by atoms with Crippen molar-refractivity contribution in [1.29, 1.82) is 0 Å². The molecule has 1 fully saturated rings. The number of ether oxygens (including phenoxy) is 1. The summed E-state index contributed by atoms with van der Waals surface area (Å²) in [6.45, 7) is 1.67. The molecule has 0 spiro atoms. The van der Waals surface area contributed by atoms with Gasteiger partial charge in [0.15, 0.2) is 0 Å². The van der Waals surface area contributed by atoms with Gasteiger partial charge in [0, 0.05) is 13.1 Å². The highest BCUT2D eigenvalue weighted by Crippen LogP contribution is 2.26. The van der Waals surface area contributed by atoms with E-state index in [4.69, 9.17) is 4.74 Å². The maximum absolute atomic E-state index is 12.8. The van der Waals surface area contributed by atoms with Gasteiger partial charge in [0.1, 0.15) is 12.6 Å². The molecule has 0 bridgehead atoms. The lowest BCUT2D eigenvalue weighted by atomic mass is 10.0. The van der Waals surface area contributed by atoms with Crippen LogP contribution < -0.4 is 0 Å². The van der Waals surface area contributed by atoms with E-state index in [1.165, 1.54) is 0 Å². The molecule has 1 N–H and O–H groups in total. The van der Waals surface area contributed by atoms with Crippen LogP contribution >= 0.6 is 0 Å². The number of likely N-dealkylation sites (tertiary alicyclic amines) is 1. The summed E-state index contributed by atoms with van der Waals surface area (Å²) in [4.78, 5) is 14.9. The van der Waals surface area contributed by atoms with Gasteiger partial charge in [-0.3, -0.25) is 4.90 Å². The number of carbonyl (C=O) groups excluding carboxylic acids is 1. The number of benzene rings is 2. The Labute approximate surface area is 142 Å². The Morgan fingerprint density at radius 3 is 2.25 bits per heavy atom. The number of nitrogens with zero attached hydrogens (tertiary/aromatic N) is 1. The highest BCUT2D eigenvalue weighted by molar-refractivity contribution is 5.77. The third-order valence-electron chi connectivity index (χ3n) is 4.43. The predicted octanol–water partition coefficient (Wildman–Crippen LogP) is 2.93. The summed E-state index contributed by atoms with van der Waals surface area (Å²) < 4.78 is 5.58. The lowest BCUT2D eigenvalue weighted by Crippen LogP contribution is -2.42. The number of carbonyl (C=O) groups is 1. The first kappa shape index (κ1) is 16.7. The zero-order chi connectivity index (χ0) is 16.8. The van der Waals surface area contributed by atoms with E-state index < -0.39 is 6.04 Å². The maximum atomic E-state index is 12.8. The first-order valence-corrected chi connectivity index (χ1v) is 8.41. The number of hydrogen-bond donors (Lipinski definition) is 1. The van der Waals surface area contributed by atoms with Crippen molar-refractivity contribution in [3.8, 4) is 0 Å². The molecule has 2 aromatic rings. The molecule has 0 unspecified atom stereocenters. The first-order valence-electron chi connectivity index (χ1n) is 8.41. The van der Waals surface area contributed by atoms with Crippen LogP contribution in [0.25, 0.3) is 0 Å². The smallest absolute Gasteiger partial charge is 0.328 e. The summed E-state index contributed by atoms with van der Waals surface area (Å²) in [5.74, 6) is -0.235. The predicted molar refractivity (Wildman–Crippen MR) is 92.2 cm³/mol. The van der Waals surface area contributed by atoms with Crippen LogP contribution in [0.3, 0.4) is 0 Å². The van der Waals surface area contributed by atoms with Crippen LogP contribution in [0, 0.1) is 0 Å². The van der Waals surface area contributed by atoms with Crippen LogP contribution in [0.15, 0.2) is 60.7 Å². The topological polar surface area (TPSA) is 49.8 Å². The lowest BCUT2D eigenvalue weighted by molar-refractivity contribution is -0.152. The molecule has 4 nitrogen and oxygen atoms in total. The molecule has 1 heterocycles. The fourth-order valence-corrected chi connectivity index (χ4v) is 3.08. The molecule has 2 aromatic carbocycles. The Morgan fingerprint density at radius 2 is 1.62 bits per heavy atom. The summed E-state index contributed by atoms with van der Waals surface area (Å²) in [5.41, 5.74) is 1.92. The van der Waals surface area contributed by atoms with Gasteiger partial charge >= 0.3 is 5.97 Å². The van der Waals surface area contributed by atoms with Crippen molar-refractivity contribution in [3.63, 3.8) is 0 Å². The molecule has 0 radical (unpaired) electrons. The van der Waals surface area contributed by atoms with Gasteiger partial charge in [-0.2, -0.15) is 0 Å². The molecule has 3 rings (SSSR count). The molecule has 0 saturated carbocycles. The zero-order valence-corrected chi connectivity index (χ0v) is 13.7. The Bertz CT molecular complexity index is 636. The van der Waals surface area contributed by atoms with E-state index in [2.05, 4.69) is 4.90 Å². The van der Waals surface area contributed by atoms with Gasteiger partial charge in [0.25, 0.3) is 0 Å². The van der Waals surface area contributed by atoms with Crippen molar-refractivity contribution in [2.24, 2.45) is 0 Å². The SMILES string of the molecule is O=C(OCc1ccccc1)[C@@H](c1ccccc1)N1CCC(O)CC1. The number of piperidine rings is 1. The van der Waals surface area contributed by atoms with Crippen molar-refractivity contribution in [2.75, 3.05) is 13.1 Å². The second-order valence-electron chi connectivity index (χ2n) is 6.17. The Hall–Kier alpha value is -2.17. The van der Waals surface area contributed by atoms with Gasteiger partial charge in [-0.15, -0.1) is 0 Å². The highest BCUT2D eigenvalue weighted by Gasteiger charge is 2.31. The molecule has 1 saturated heterocycles. The summed E-state index contributed by atoms with van der Waals surface area (Å²) in [7, 11) is 0. The average molecular weight is 325 g/mol. The summed E-state index contributed by atoms with van der Waals surface area (Å²) in [6, 6.07) is 19.0. The molecule has 24 heavy (non-hydrogen) atoms. The van der Waals surface area contributed by atoms with Gasteiger partial charge in [-0.05, 0) is 24.0 Å². The van der Waals surface area contributed by atoms with Crippen molar-refractivity contribution in [2.45, 2.75) is 31.6 Å². The Morgan fingerprint density at radius 1 is 1.04 bits per heavy atom. The summed E-state index contributed by atoms with van der Waals surface area (Å²) >= 11 is 0. The standard InChI is InChI=1S/C20H23NO3/c22-18-11-13-21(14-12-18)19(17-9-5-2-6-10-17)20(23)24-15-16-7-3-1-4-8-16/h1-10,18-19,22H,11-15H2/t19-/m1/s1. The summed E-state index contributed by atoms with van der Waals surface area (Å²) in [6.07, 6.45) is 1.11. The van der Waals surface area contributed by atoms with Gasteiger partial charge in [0.2, 0.25) is 0 Å². The van der Waals surface area contributed by atoms with Gasteiger partial charge in [-0.25, -0.2) is 4.79 Å². The molecule has 1 aliphatic rings. The van der Waals surface area contributed by atoms with Crippen LogP contribution in [0.2, 0.25) is 0 Å². The van der Waals surface area contributed by atoms with Gasteiger partial charge in [0.05, 0.1) is 6.10 Å². The highest BCUT2D eigenvalue weighted by atomic mass is 16.5. The normalized spacial score (nSPS) is 17.4. The van der Waals surface area contributed by atoms with Crippen LogP contribution in [-0.4, -0.2) is 35.2 Å². The summed E-state index contributed by atoms with van der Waals surface area (Å²) in [5, 5.41) is 9.73. The van der Waals surface area contributed by atoms with Gasteiger partial charge < -0.3 is 9.84 Å². The van der Waals surface area contributed by atoms with Crippen LogP contribution in [0.4, 0.5) is 0 Å². The molecule has 4 heteroatoms. The van der Waals surface area contributed by atoms with Gasteiger partial charge in [-0.1, -0.05) is 60.7 Å². The maximum Gasteiger partial charge on any atom is 0.328 e. The Balaban J connectivity index is 1.72. The van der Waals surface area contributed by atoms with Crippen LogP contribution in [0.5, 0.6) is 0 Å². The largest absolute Gasteiger partial charge is 0.459 e. The second kappa shape index (κ2) is 8.08. The minimum Gasteiger partial charge on any atom is -0.459 e. The van der Waals surface area contributed by atoms with E-state index in [-0.39, 0.29) is 18.7 Å². The molecular formula is C20H23NO3. The molecule has 126 valence electrons. The van der Waals surface area contributed by atoms with Crippen LogP contribution in [0.1, 0.15) is 30.0 Å². The number of rotatable bonds is 5. The quantitative estimate of drug-likeness (QED) is 0.859. The zero-order valence-electron chi connectivity index (χ0n) is 13.7. The van der Waals surface area contributed by atoms with Crippen molar-refractivity contribution in [3.05, 3.63) is 71.8 Å². The third-order valence-corrected chi connectivity index (χ3v) is 4.43. The van der Waals surface area contributed by atoms with E-state index in [0.717, 1.165) is 11.1 Å². The average Bonchev–Trinajstić information content (AvgIpc) is 2.64. The fraction of sp³-hybridized carbons (Fsp3) is 0.350. The van der Waals surface area contributed by atoms with Crippen molar-refractivity contribution in [1.82, 2.24) is 4.90 Å². The lowest BCUT2D eigenvalue weighted by Gasteiger charge is -2.35. The molecule has 1 aliphatic heterocycles. The Kier molecular flexibility index (Phi) is 5.62. The molecule has 0 aromatic heterocycles. The fourth-order valence-electron chi connectivity index (χ4n) is 3.08. The minimum atomic E-state index is -0.414. The second-order valence-corrected chi connectivity index (χ2v) is 6.17. The van der Waals surface area contributed by atoms with Crippen LogP contribution in [-0.2, 0) is 16.1 Å². The van der Waals surface area contributed by atoms with E-state index in [1.54, 1.807) is 0 Å². The monoisotopic (exact) mass is 325 g/mol. The number of aliphatic hydroxyl groups is 1.